The highest BCUT2D eigenvalue weighted by atomic mass is 35.5. The smallest absolute Gasteiger partial charge is 0.294 e. The van der Waals surface area contributed by atoms with E-state index in [0.29, 0.717) is 28.6 Å². The topological polar surface area (TPSA) is 63.6 Å². The lowest BCUT2D eigenvalue weighted by Gasteiger charge is -2.30. The Balaban J connectivity index is 1.57. The maximum Gasteiger partial charge on any atom is 0.409 e. The van der Waals surface area contributed by atoms with Crippen LogP contribution in [0.3, 0.4) is 0 Å². The first kappa shape index (κ1) is 24.6. The van der Waals surface area contributed by atoms with Crippen LogP contribution in [0, 0.1) is 12.8 Å². The molecule has 1 atom stereocenters. The van der Waals surface area contributed by atoms with Crippen molar-refractivity contribution in [3.8, 4) is 0 Å². The van der Waals surface area contributed by atoms with Crippen LogP contribution in [-0.2, 0) is 14.6 Å². The maximum absolute atomic E-state index is 14.3. The zero-order chi connectivity index (χ0) is 24.2. The molecule has 11 heteroatoms. The van der Waals surface area contributed by atoms with Gasteiger partial charge in [-0.25, -0.2) is 12.8 Å². The minimum atomic E-state index is -4.62. The van der Waals surface area contributed by atoms with Crippen molar-refractivity contribution in [1.29, 1.82) is 0 Å². The molecule has 2 heterocycles. The third-order valence-corrected chi connectivity index (χ3v) is 9.46. The van der Waals surface area contributed by atoms with Crippen LogP contribution in [0.1, 0.15) is 39.9 Å². The summed E-state index contributed by atoms with van der Waals surface area (Å²) in [6.45, 7) is 1.70. The van der Waals surface area contributed by atoms with E-state index in [9.17, 15) is 26.4 Å². The summed E-state index contributed by atoms with van der Waals surface area (Å²) in [5.74, 6) is -0.345. The minimum Gasteiger partial charge on any atom is -0.294 e. The van der Waals surface area contributed by atoms with Crippen molar-refractivity contribution in [2.75, 3.05) is 11.5 Å². The van der Waals surface area contributed by atoms with Crippen LogP contribution in [0.25, 0.3) is 0 Å². The molecule has 0 bridgehead atoms. The van der Waals surface area contributed by atoms with Crippen LogP contribution in [0.4, 0.5) is 13.2 Å². The van der Waals surface area contributed by atoms with E-state index in [1.807, 2.05) is 0 Å². The second-order valence-corrected chi connectivity index (χ2v) is 12.5. The molecule has 0 aromatic heterocycles. The summed E-state index contributed by atoms with van der Waals surface area (Å²) < 4.78 is 67.2. The van der Waals surface area contributed by atoms with Gasteiger partial charge in [-0.05, 0) is 65.7 Å². The van der Waals surface area contributed by atoms with E-state index in [1.54, 1.807) is 25.1 Å². The van der Waals surface area contributed by atoms with Crippen molar-refractivity contribution in [1.82, 2.24) is 0 Å². The van der Waals surface area contributed by atoms with E-state index < -0.39 is 27.2 Å². The van der Waals surface area contributed by atoms with Crippen LogP contribution < -0.4 is 0 Å². The number of rotatable bonds is 5. The van der Waals surface area contributed by atoms with Gasteiger partial charge in [0.1, 0.15) is 0 Å². The third-order valence-electron chi connectivity index (χ3n) is 5.83. The number of Topliss-reactive ketones (excluding diaryl/α,β-unsaturated/α-hetero) is 1. The quantitative estimate of drug-likeness (QED) is 0.336. The highest BCUT2D eigenvalue weighted by molar-refractivity contribution is 7.99. The van der Waals surface area contributed by atoms with Crippen LogP contribution in [-0.4, -0.2) is 37.6 Å². The predicted octanol–water partition coefficient (Wildman–Crippen LogP) is 6.22. The molecule has 2 aliphatic rings. The number of hydrogen-bond donors (Lipinski definition) is 0. The zero-order valence-corrected chi connectivity index (χ0v) is 20.4. The molecule has 1 unspecified atom stereocenters. The van der Waals surface area contributed by atoms with E-state index in [4.69, 9.17) is 23.2 Å². The van der Waals surface area contributed by atoms with Gasteiger partial charge < -0.3 is 0 Å². The van der Waals surface area contributed by atoms with Gasteiger partial charge in [-0.2, -0.15) is 13.2 Å². The molecule has 0 radical (unpaired) electrons. The number of hydrogen-bond acceptors (Lipinski definition) is 5. The van der Waals surface area contributed by atoms with Gasteiger partial charge in [-0.1, -0.05) is 35.3 Å². The van der Waals surface area contributed by atoms with Gasteiger partial charge in [0.05, 0.1) is 17.2 Å². The van der Waals surface area contributed by atoms with E-state index in [1.165, 1.54) is 18.2 Å². The summed E-state index contributed by atoms with van der Waals surface area (Å²) in [7, 11) is -3.02. The van der Waals surface area contributed by atoms with Crippen molar-refractivity contribution in [2.24, 2.45) is 10.3 Å². The lowest BCUT2D eigenvalue weighted by atomic mass is 9.88. The van der Waals surface area contributed by atoms with E-state index in [-0.39, 0.29) is 50.9 Å². The Bertz CT molecular complexity index is 1250. The van der Waals surface area contributed by atoms with Gasteiger partial charge in [0.25, 0.3) is 0 Å². The van der Waals surface area contributed by atoms with E-state index in [2.05, 4.69) is 4.40 Å². The van der Waals surface area contributed by atoms with Crippen LogP contribution >= 0.6 is 35.1 Å². The number of benzene rings is 2. The molecule has 2 aliphatic heterocycles. The number of nitrogens with zero attached hydrogens (tertiary/aromatic N) is 1. The summed E-state index contributed by atoms with van der Waals surface area (Å²) in [6, 6.07) is 8.66. The standard InChI is InChI=1S/C22H18Cl2F3NO3S2/c1-12-4-14(2-3-18(12)20(29)5-13-10-33(30,31)11-13)19-9-21(32-28-19,22(25,26)27)15-6-16(23)8-17(24)7-15/h2-4,6-8,13H,5,9-11H2,1H3. The van der Waals surface area contributed by atoms with Crippen molar-refractivity contribution in [3.05, 3.63) is 68.7 Å². The fourth-order valence-electron chi connectivity index (χ4n) is 4.16. The molecule has 4 rings (SSSR count). The average Bonchev–Trinajstić information content (AvgIpc) is 3.12. The summed E-state index contributed by atoms with van der Waals surface area (Å²) in [5, 5.41) is 0.210. The molecule has 0 aliphatic carbocycles. The first-order chi connectivity index (χ1) is 15.3. The normalized spacial score (nSPS) is 22.7. The van der Waals surface area contributed by atoms with Crippen LogP contribution in [0.2, 0.25) is 10.0 Å². The number of aryl methyl sites for hydroxylation is 1. The Hall–Kier alpha value is -1.55. The van der Waals surface area contributed by atoms with E-state index >= 15 is 0 Å². The first-order valence-electron chi connectivity index (χ1n) is 9.93. The molecular weight excluding hydrogens is 518 g/mol. The summed E-state index contributed by atoms with van der Waals surface area (Å²) >= 11 is 12.4. The molecule has 1 fully saturated rings. The molecular formula is C22H18Cl2F3NO3S2. The van der Waals surface area contributed by atoms with Gasteiger partial charge in [-0.15, -0.1) is 0 Å². The Labute approximate surface area is 203 Å². The monoisotopic (exact) mass is 535 g/mol. The highest BCUT2D eigenvalue weighted by Crippen LogP contribution is 2.57. The molecule has 2 aromatic rings. The zero-order valence-electron chi connectivity index (χ0n) is 17.2. The largest absolute Gasteiger partial charge is 0.409 e. The average molecular weight is 536 g/mol. The molecule has 0 amide bonds. The second-order valence-electron chi connectivity index (χ2n) is 8.39. The summed E-state index contributed by atoms with van der Waals surface area (Å²) in [5.41, 5.74) is 1.69. The fourth-order valence-corrected chi connectivity index (χ4v) is 7.23. The number of sulfone groups is 1. The predicted molar refractivity (Wildman–Crippen MR) is 125 cm³/mol. The maximum atomic E-state index is 14.3. The first-order valence-corrected chi connectivity index (χ1v) is 13.3. The van der Waals surface area contributed by atoms with Gasteiger partial charge in [0.2, 0.25) is 0 Å². The Kier molecular flexibility index (Phi) is 6.40. The van der Waals surface area contributed by atoms with Crippen molar-refractivity contribution in [2.45, 2.75) is 30.7 Å². The second kappa shape index (κ2) is 8.59. The Morgan fingerprint density at radius 2 is 1.79 bits per heavy atom. The van der Waals surface area contributed by atoms with Gasteiger partial charge >= 0.3 is 6.18 Å². The third kappa shape index (κ3) is 4.83. The number of halogens is 5. The van der Waals surface area contributed by atoms with Crippen molar-refractivity contribution >= 4 is 56.5 Å². The molecule has 0 N–H and O–H groups in total. The molecule has 176 valence electrons. The van der Waals surface area contributed by atoms with Gasteiger partial charge in [-0.3, -0.25) is 4.79 Å². The summed E-state index contributed by atoms with van der Waals surface area (Å²) in [6.07, 6.45) is -4.90. The Morgan fingerprint density at radius 1 is 1.15 bits per heavy atom. The SMILES string of the molecule is Cc1cc(C2=NSC(c3cc(Cl)cc(Cl)c3)(C(F)(F)F)C2)ccc1C(=O)CC1CS(=O)(=O)C1. The van der Waals surface area contributed by atoms with Gasteiger partial charge in [0, 0.05) is 28.5 Å². The molecule has 1 saturated heterocycles. The lowest BCUT2D eigenvalue weighted by molar-refractivity contribution is -0.159. The van der Waals surface area contributed by atoms with Crippen LogP contribution in [0.15, 0.2) is 40.8 Å². The molecule has 4 nitrogen and oxygen atoms in total. The number of alkyl halides is 3. The minimum absolute atomic E-state index is 0.0109. The highest BCUT2D eigenvalue weighted by Gasteiger charge is 2.60. The summed E-state index contributed by atoms with van der Waals surface area (Å²) in [4.78, 5) is 12.6. The van der Waals surface area contributed by atoms with Crippen LogP contribution in [0.5, 0.6) is 0 Å². The number of carbonyl (C=O) groups excluding carboxylic acids is 1. The van der Waals surface area contributed by atoms with Crippen molar-refractivity contribution < 1.29 is 26.4 Å². The molecule has 0 spiro atoms. The van der Waals surface area contributed by atoms with Gasteiger partial charge in [0.15, 0.2) is 20.4 Å². The fraction of sp³-hybridized carbons (Fsp3) is 0.364. The lowest BCUT2D eigenvalue weighted by Crippen LogP contribution is -2.38. The van der Waals surface area contributed by atoms with Crippen molar-refractivity contribution in [3.63, 3.8) is 0 Å². The molecule has 0 saturated carbocycles. The molecule has 33 heavy (non-hydrogen) atoms. The number of ketones is 1. The number of carbonyl (C=O) groups is 1. The Morgan fingerprint density at radius 3 is 2.33 bits per heavy atom. The van der Waals surface area contributed by atoms with E-state index in [0.717, 1.165) is 0 Å². The molecule has 2 aromatic carbocycles.